The molecule has 0 atom stereocenters. The molecule has 98 valence electrons. The maximum atomic E-state index is 13.5. The zero-order valence-corrected chi connectivity index (χ0v) is 11.8. The first-order chi connectivity index (χ1) is 8.97. The lowest BCUT2D eigenvalue weighted by Gasteiger charge is -2.10. The van der Waals surface area contributed by atoms with E-state index in [0.29, 0.717) is 20.6 Å². The van der Waals surface area contributed by atoms with Gasteiger partial charge >= 0.3 is 0 Å². The van der Waals surface area contributed by atoms with Gasteiger partial charge in [-0.25, -0.2) is 4.39 Å². The smallest absolute Gasteiger partial charge is 0.248 e. The van der Waals surface area contributed by atoms with Gasteiger partial charge in [0.2, 0.25) is 5.91 Å². The van der Waals surface area contributed by atoms with Crippen LogP contribution in [0.3, 0.4) is 0 Å². The van der Waals surface area contributed by atoms with E-state index >= 15 is 0 Å². The van der Waals surface area contributed by atoms with Crippen molar-refractivity contribution in [3.8, 4) is 11.5 Å². The minimum Gasteiger partial charge on any atom is -0.455 e. The number of amides is 1. The molecule has 1 amide bonds. The summed E-state index contributed by atoms with van der Waals surface area (Å²) in [5.41, 5.74) is 11.5. The Morgan fingerprint density at radius 3 is 2.68 bits per heavy atom. The number of nitrogen functional groups attached to an aromatic ring is 1. The fraction of sp³-hybridized carbons (Fsp3) is 0. The van der Waals surface area contributed by atoms with Crippen LogP contribution in [0.25, 0.3) is 0 Å². The van der Waals surface area contributed by atoms with Gasteiger partial charge < -0.3 is 16.2 Å². The largest absolute Gasteiger partial charge is 0.455 e. The molecule has 0 spiro atoms. The van der Waals surface area contributed by atoms with Gasteiger partial charge in [-0.05, 0) is 46.9 Å². The van der Waals surface area contributed by atoms with Crippen molar-refractivity contribution in [2.45, 2.75) is 0 Å². The Balaban J connectivity index is 2.33. The normalized spacial score (nSPS) is 10.2. The first-order valence-corrected chi connectivity index (χ1v) is 6.37. The van der Waals surface area contributed by atoms with Gasteiger partial charge in [0, 0.05) is 11.6 Å². The van der Waals surface area contributed by atoms with Crippen LogP contribution in [0.2, 0.25) is 0 Å². The van der Waals surface area contributed by atoms with E-state index in [9.17, 15) is 9.18 Å². The van der Waals surface area contributed by atoms with Gasteiger partial charge in [-0.2, -0.15) is 0 Å². The van der Waals surface area contributed by atoms with Crippen molar-refractivity contribution in [3.05, 3.63) is 51.3 Å². The average molecular weight is 372 g/mol. The molecule has 0 aliphatic rings. The summed E-state index contributed by atoms with van der Waals surface area (Å²) in [5.74, 6) is -0.425. The molecule has 0 aliphatic heterocycles. The van der Waals surface area contributed by atoms with Crippen LogP contribution in [-0.2, 0) is 0 Å². The first-order valence-electron chi connectivity index (χ1n) is 5.29. The Bertz CT molecular complexity index is 647. The second kappa shape index (κ2) is 5.43. The zero-order valence-electron chi connectivity index (χ0n) is 9.69. The predicted molar refractivity (Wildman–Crippen MR) is 78.6 cm³/mol. The number of nitrogens with two attached hydrogens (primary N) is 2. The molecule has 0 bridgehead atoms. The van der Waals surface area contributed by atoms with Gasteiger partial charge in [-0.3, -0.25) is 4.79 Å². The summed E-state index contributed by atoms with van der Waals surface area (Å²) in [6.45, 7) is 0. The summed E-state index contributed by atoms with van der Waals surface area (Å²) < 4.78 is 19.3. The Morgan fingerprint density at radius 2 is 2.00 bits per heavy atom. The molecule has 0 aliphatic carbocycles. The lowest BCUT2D eigenvalue weighted by Crippen LogP contribution is -2.10. The Kier molecular flexibility index (Phi) is 3.89. The predicted octanol–water partition coefficient (Wildman–Crippen LogP) is 2.90. The maximum absolute atomic E-state index is 13.5. The molecular weight excluding hydrogens is 362 g/mol. The van der Waals surface area contributed by atoms with Crippen LogP contribution >= 0.6 is 22.6 Å². The molecule has 4 N–H and O–H groups in total. The van der Waals surface area contributed by atoms with Gasteiger partial charge in [-0.1, -0.05) is 6.07 Å². The van der Waals surface area contributed by atoms with E-state index in [-0.39, 0.29) is 5.75 Å². The van der Waals surface area contributed by atoms with Crippen LogP contribution in [0.15, 0.2) is 36.4 Å². The summed E-state index contributed by atoms with van der Waals surface area (Å²) in [6.07, 6.45) is 0. The highest BCUT2D eigenvalue weighted by Gasteiger charge is 2.09. The number of primary amides is 1. The molecule has 0 aromatic heterocycles. The third-order valence-electron chi connectivity index (χ3n) is 2.40. The van der Waals surface area contributed by atoms with Crippen LogP contribution in [0.1, 0.15) is 10.4 Å². The summed E-state index contributed by atoms with van der Waals surface area (Å²) in [4.78, 5) is 11.1. The molecule has 0 unspecified atom stereocenters. The lowest BCUT2D eigenvalue weighted by molar-refractivity contribution is 0.1000. The van der Waals surface area contributed by atoms with E-state index in [1.54, 1.807) is 18.2 Å². The Morgan fingerprint density at radius 1 is 1.26 bits per heavy atom. The molecule has 2 aromatic rings. The summed E-state index contributed by atoms with van der Waals surface area (Å²) >= 11 is 1.84. The van der Waals surface area contributed by atoms with E-state index in [0.717, 1.165) is 0 Å². The third-order valence-corrected chi connectivity index (χ3v) is 3.23. The number of anilines is 1. The third kappa shape index (κ3) is 3.14. The number of rotatable bonds is 3. The molecule has 0 saturated heterocycles. The van der Waals surface area contributed by atoms with Gasteiger partial charge in [0.05, 0.1) is 9.26 Å². The van der Waals surface area contributed by atoms with E-state index in [2.05, 4.69) is 0 Å². The van der Waals surface area contributed by atoms with Crippen molar-refractivity contribution in [2.75, 3.05) is 5.73 Å². The Hall–Kier alpha value is -1.83. The van der Waals surface area contributed by atoms with Crippen molar-refractivity contribution in [1.82, 2.24) is 0 Å². The van der Waals surface area contributed by atoms with Crippen molar-refractivity contribution >= 4 is 34.2 Å². The van der Waals surface area contributed by atoms with E-state index in [1.807, 2.05) is 22.6 Å². The minimum absolute atomic E-state index is 0.194. The van der Waals surface area contributed by atoms with Crippen molar-refractivity contribution in [3.63, 3.8) is 0 Å². The highest BCUT2D eigenvalue weighted by atomic mass is 127. The summed E-state index contributed by atoms with van der Waals surface area (Å²) in [7, 11) is 0. The van der Waals surface area contributed by atoms with Crippen LogP contribution in [0.4, 0.5) is 10.1 Å². The highest BCUT2D eigenvalue weighted by Crippen LogP contribution is 2.30. The molecule has 2 aromatic carbocycles. The first kappa shape index (κ1) is 13.6. The molecule has 2 rings (SSSR count). The van der Waals surface area contributed by atoms with Crippen molar-refractivity contribution in [2.24, 2.45) is 5.73 Å². The quantitative estimate of drug-likeness (QED) is 0.643. The average Bonchev–Trinajstić information content (AvgIpc) is 2.36. The minimum atomic E-state index is -0.563. The van der Waals surface area contributed by atoms with Gasteiger partial charge in [-0.15, -0.1) is 0 Å². The molecule has 0 radical (unpaired) electrons. The Labute approximate surface area is 122 Å². The summed E-state index contributed by atoms with van der Waals surface area (Å²) in [6, 6.07) is 8.96. The molecule has 19 heavy (non-hydrogen) atoms. The molecular formula is C13H10FIN2O2. The standard InChI is InChI=1S/C13H10FIN2O2/c14-9-5-12(11(16)6-10(9)15)19-8-3-1-2-7(4-8)13(17)18/h1-6H,16H2,(H2,17,18). The van der Waals surface area contributed by atoms with Crippen molar-refractivity contribution < 1.29 is 13.9 Å². The van der Waals surface area contributed by atoms with Crippen LogP contribution in [0.5, 0.6) is 11.5 Å². The number of hydrogen-bond donors (Lipinski definition) is 2. The number of carbonyl (C=O) groups is 1. The zero-order chi connectivity index (χ0) is 14.0. The summed E-state index contributed by atoms with van der Waals surface area (Å²) in [5, 5.41) is 0. The second-order valence-electron chi connectivity index (χ2n) is 3.80. The number of benzene rings is 2. The highest BCUT2D eigenvalue weighted by molar-refractivity contribution is 14.1. The monoisotopic (exact) mass is 372 g/mol. The maximum Gasteiger partial charge on any atom is 0.248 e. The van der Waals surface area contributed by atoms with Crippen molar-refractivity contribution in [1.29, 1.82) is 0 Å². The van der Waals surface area contributed by atoms with E-state index in [4.69, 9.17) is 16.2 Å². The van der Waals surface area contributed by atoms with Gasteiger partial charge in [0.1, 0.15) is 11.6 Å². The topological polar surface area (TPSA) is 78.3 Å². The molecule has 0 heterocycles. The number of carbonyl (C=O) groups excluding carboxylic acids is 1. The van der Waals surface area contributed by atoms with Crippen LogP contribution in [0, 0.1) is 9.39 Å². The fourth-order valence-electron chi connectivity index (χ4n) is 1.47. The van der Waals surface area contributed by atoms with E-state index in [1.165, 1.54) is 18.2 Å². The number of halogens is 2. The number of ether oxygens (including phenoxy) is 1. The molecule has 0 saturated carbocycles. The van der Waals surface area contributed by atoms with Crippen LogP contribution in [-0.4, -0.2) is 5.91 Å². The molecule has 6 heteroatoms. The number of hydrogen-bond acceptors (Lipinski definition) is 3. The van der Waals surface area contributed by atoms with Crippen LogP contribution < -0.4 is 16.2 Å². The second-order valence-corrected chi connectivity index (χ2v) is 4.96. The molecule has 4 nitrogen and oxygen atoms in total. The van der Waals surface area contributed by atoms with E-state index < -0.39 is 11.7 Å². The fourth-order valence-corrected chi connectivity index (χ4v) is 1.96. The van der Waals surface area contributed by atoms with Gasteiger partial charge in [0.25, 0.3) is 0 Å². The van der Waals surface area contributed by atoms with Gasteiger partial charge in [0.15, 0.2) is 5.75 Å². The molecule has 0 fully saturated rings. The lowest BCUT2D eigenvalue weighted by atomic mass is 10.2. The SMILES string of the molecule is NC(=O)c1cccc(Oc2cc(F)c(I)cc2N)c1.